The van der Waals surface area contributed by atoms with Crippen LogP contribution in [-0.2, 0) is 6.42 Å². The lowest BCUT2D eigenvalue weighted by Gasteiger charge is -2.27. The molecule has 2 aromatic rings. The molecular weight excluding hydrogens is 288 g/mol. The predicted octanol–water partition coefficient (Wildman–Crippen LogP) is 2.64. The smallest absolute Gasteiger partial charge is 0.133 e. The second-order valence-corrected chi connectivity index (χ2v) is 5.90. The van der Waals surface area contributed by atoms with Crippen LogP contribution in [-0.4, -0.2) is 30.2 Å². The van der Waals surface area contributed by atoms with Crippen molar-refractivity contribution in [2.24, 2.45) is 5.73 Å². The number of anilines is 1. The first kappa shape index (κ1) is 15.7. The highest BCUT2D eigenvalue weighted by Gasteiger charge is 2.29. The van der Waals surface area contributed by atoms with Gasteiger partial charge in [-0.15, -0.1) is 0 Å². The molecule has 2 N–H and O–H groups in total. The van der Waals surface area contributed by atoms with Gasteiger partial charge in [-0.1, -0.05) is 18.2 Å². The standard InChI is InChI=1S/C18H24N4O/c1-13-20-14(9-10-19)12-18(21-13)22-11-5-7-16(22)15-6-3-4-8-17(15)23-2/h3-4,6,8,12,16H,5,7,9-11,19H2,1-2H3/t16-/m0/s1. The van der Waals surface area contributed by atoms with Crippen molar-refractivity contribution in [1.82, 2.24) is 9.97 Å². The van der Waals surface area contributed by atoms with Crippen molar-refractivity contribution in [1.29, 1.82) is 0 Å². The largest absolute Gasteiger partial charge is 0.496 e. The molecule has 5 heteroatoms. The average molecular weight is 312 g/mol. The van der Waals surface area contributed by atoms with Gasteiger partial charge in [0, 0.05) is 30.3 Å². The predicted molar refractivity (Wildman–Crippen MR) is 91.8 cm³/mol. The molecule has 0 radical (unpaired) electrons. The third kappa shape index (κ3) is 3.29. The molecule has 0 aliphatic carbocycles. The summed E-state index contributed by atoms with van der Waals surface area (Å²) in [5.74, 6) is 2.74. The maximum absolute atomic E-state index is 5.68. The lowest BCUT2D eigenvalue weighted by atomic mass is 10.0. The highest BCUT2D eigenvalue weighted by atomic mass is 16.5. The summed E-state index contributed by atoms with van der Waals surface area (Å²) in [4.78, 5) is 11.5. The van der Waals surface area contributed by atoms with Crippen LogP contribution in [0.5, 0.6) is 5.75 Å². The van der Waals surface area contributed by atoms with E-state index in [9.17, 15) is 0 Å². The summed E-state index contributed by atoms with van der Waals surface area (Å²) >= 11 is 0. The third-order valence-electron chi connectivity index (χ3n) is 4.32. The van der Waals surface area contributed by atoms with Crippen molar-refractivity contribution in [3.8, 4) is 5.75 Å². The summed E-state index contributed by atoms with van der Waals surface area (Å²) in [7, 11) is 1.73. The molecule has 1 aromatic carbocycles. The fourth-order valence-electron chi connectivity index (χ4n) is 3.34. The number of benzene rings is 1. The monoisotopic (exact) mass is 312 g/mol. The molecule has 0 spiro atoms. The second kappa shape index (κ2) is 6.96. The van der Waals surface area contributed by atoms with Gasteiger partial charge in [-0.2, -0.15) is 0 Å². The van der Waals surface area contributed by atoms with Crippen molar-refractivity contribution < 1.29 is 4.74 Å². The van der Waals surface area contributed by atoms with Crippen LogP contribution in [0.2, 0.25) is 0 Å². The number of ether oxygens (including phenoxy) is 1. The number of aryl methyl sites for hydroxylation is 1. The molecule has 5 nitrogen and oxygen atoms in total. The summed E-state index contributed by atoms with van der Waals surface area (Å²) in [6.07, 6.45) is 3.04. The van der Waals surface area contributed by atoms with Crippen molar-refractivity contribution in [2.75, 3.05) is 25.1 Å². The van der Waals surface area contributed by atoms with Crippen LogP contribution in [0.4, 0.5) is 5.82 Å². The Morgan fingerprint density at radius 3 is 2.91 bits per heavy atom. The van der Waals surface area contributed by atoms with Gasteiger partial charge in [0.05, 0.1) is 13.2 Å². The first-order chi connectivity index (χ1) is 11.2. The molecule has 1 fully saturated rings. The minimum Gasteiger partial charge on any atom is -0.496 e. The molecule has 122 valence electrons. The van der Waals surface area contributed by atoms with Crippen molar-refractivity contribution in [3.05, 3.63) is 47.4 Å². The van der Waals surface area contributed by atoms with Gasteiger partial charge in [0.1, 0.15) is 17.4 Å². The van der Waals surface area contributed by atoms with E-state index in [1.807, 2.05) is 19.1 Å². The Kier molecular flexibility index (Phi) is 4.76. The molecule has 0 unspecified atom stereocenters. The summed E-state index contributed by atoms with van der Waals surface area (Å²) < 4.78 is 5.55. The molecule has 23 heavy (non-hydrogen) atoms. The highest BCUT2D eigenvalue weighted by molar-refractivity contribution is 5.48. The number of aromatic nitrogens is 2. The van der Waals surface area contributed by atoms with Gasteiger partial charge in [0.2, 0.25) is 0 Å². The summed E-state index contributed by atoms with van der Waals surface area (Å²) in [6, 6.07) is 10.6. The minimum atomic E-state index is 0.297. The molecule has 1 aliphatic rings. The molecular formula is C18H24N4O. The maximum atomic E-state index is 5.68. The van der Waals surface area contributed by atoms with Crippen LogP contribution >= 0.6 is 0 Å². The van der Waals surface area contributed by atoms with Gasteiger partial charge >= 0.3 is 0 Å². The molecule has 1 aromatic heterocycles. The van der Waals surface area contributed by atoms with E-state index in [-0.39, 0.29) is 0 Å². The normalized spacial score (nSPS) is 17.5. The zero-order chi connectivity index (χ0) is 16.2. The zero-order valence-corrected chi connectivity index (χ0v) is 13.8. The molecule has 1 saturated heterocycles. The Hall–Kier alpha value is -2.14. The van der Waals surface area contributed by atoms with E-state index in [2.05, 4.69) is 33.1 Å². The van der Waals surface area contributed by atoms with Crippen LogP contribution in [0.15, 0.2) is 30.3 Å². The van der Waals surface area contributed by atoms with E-state index < -0.39 is 0 Å². The van der Waals surface area contributed by atoms with Crippen molar-refractivity contribution in [3.63, 3.8) is 0 Å². The van der Waals surface area contributed by atoms with Gasteiger partial charge in [0.25, 0.3) is 0 Å². The van der Waals surface area contributed by atoms with E-state index in [1.165, 1.54) is 5.56 Å². The van der Waals surface area contributed by atoms with Gasteiger partial charge in [-0.3, -0.25) is 0 Å². The van der Waals surface area contributed by atoms with Crippen LogP contribution < -0.4 is 15.4 Å². The van der Waals surface area contributed by atoms with Crippen LogP contribution in [0.25, 0.3) is 0 Å². The number of rotatable bonds is 5. The number of hydrogen-bond donors (Lipinski definition) is 1. The quantitative estimate of drug-likeness (QED) is 0.919. The first-order valence-electron chi connectivity index (χ1n) is 8.17. The minimum absolute atomic E-state index is 0.297. The molecule has 3 rings (SSSR count). The summed E-state index contributed by atoms with van der Waals surface area (Å²) in [6.45, 7) is 3.55. The first-order valence-corrected chi connectivity index (χ1v) is 8.17. The highest BCUT2D eigenvalue weighted by Crippen LogP contribution is 2.39. The Labute approximate surface area is 137 Å². The SMILES string of the molecule is COc1ccccc1[C@@H]1CCCN1c1cc(CCN)nc(C)n1. The fourth-order valence-corrected chi connectivity index (χ4v) is 3.34. The lowest BCUT2D eigenvalue weighted by molar-refractivity contribution is 0.405. The summed E-state index contributed by atoms with van der Waals surface area (Å²) in [5.41, 5.74) is 7.92. The Balaban J connectivity index is 1.95. The fraction of sp³-hybridized carbons (Fsp3) is 0.444. The topological polar surface area (TPSA) is 64.3 Å². The Morgan fingerprint density at radius 1 is 1.30 bits per heavy atom. The Morgan fingerprint density at radius 2 is 2.13 bits per heavy atom. The lowest BCUT2D eigenvalue weighted by Crippen LogP contribution is -2.24. The molecule has 1 aliphatic heterocycles. The zero-order valence-electron chi connectivity index (χ0n) is 13.8. The number of hydrogen-bond acceptors (Lipinski definition) is 5. The number of methoxy groups -OCH3 is 1. The molecule has 2 heterocycles. The van der Waals surface area contributed by atoms with Crippen LogP contribution in [0, 0.1) is 6.92 Å². The summed E-state index contributed by atoms with van der Waals surface area (Å²) in [5, 5.41) is 0. The van der Waals surface area contributed by atoms with Crippen LogP contribution in [0.3, 0.4) is 0 Å². The maximum Gasteiger partial charge on any atom is 0.133 e. The van der Waals surface area contributed by atoms with Gasteiger partial charge in [-0.25, -0.2) is 9.97 Å². The Bertz CT molecular complexity index is 674. The number of nitrogens with two attached hydrogens (primary N) is 1. The molecule has 0 amide bonds. The molecule has 0 saturated carbocycles. The van der Waals surface area contributed by atoms with E-state index in [0.717, 1.165) is 48.9 Å². The van der Waals surface area contributed by atoms with E-state index >= 15 is 0 Å². The van der Waals surface area contributed by atoms with E-state index in [0.29, 0.717) is 12.6 Å². The number of para-hydroxylation sites is 1. The second-order valence-electron chi connectivity index (χ2n) is 5.90. The molecule has 0 bridgehead atoms. The number of nitrogens with zero attached hydrogens (tertiary/aromatic N) is 3. The van der Waals surface area contributed by atoms with Crippen molar-refractivity contribution in [2.45, 2.75) is 32.2 Å². The van der Waals surface area contributed by atoms with Gasteiger partial charge < -0.3 is 15.4 Å². The van der Waals surface area contributed by atoms with Gasteiger partial charge in [0.15, 0.2) is 0 Å². The van der Waals surface area contributed by atoms with E-state index in [4.69, 9.17) is 10.5 Å². The van der Waals surface area contributed by atoms with Crippen molar-refractivity contribution >= 4 is 5.82 Å². The third-order valence-corrected chi connectivity index (χ3v) is 4.32. The average Bonchev–Trinajstić information content (AvgIpc) is 3.04. The van der Waals surface area contributed by atoms with Crippen LogP contribution in [0.1, 0.15) is 36.0 Å². The molecule has 1 atom stereocenters. The van der Waals surface area contributed by atoms with E-state index in [1.54, 1.807) is 7.11 Å². The van der Waals surface area contributed by atoms with Gasteiger partial charge in [-0.05, 0) is 32.4 Å².